The Labute approximate surface area is 111 Å². The van der Waals surface area contributed by atoms with Crippen molar-refractivity contribution in [2.75, 3.05) is 6.61 Å². The van der Waals surface area contributed by atoms with Crippen LogP contribution >= 0.6 is 15.9 Å². The summed E-state index contributed by atoms with van der Waals surface area (Å²) in [6.07, 6.45) is 5.00. The number of aliphatic hydroxyl groups excluding tert-OH is 1. The Kier molecular flexibility index (Phi) is 5.01. The van der Waals surface area contributed by atoms with Crippen molar-refractivity contribution in [3.05, 3.63) is 34.3 Å². The molecule has 1 saturated heterocycles. The van der Waals surface area contributed by atoms with E-state index in [9.17, 15) is 5.11 Å². The Balaban J connectivity index is 1.74. The van der Waals surface area contributed by atoms with Gasteiger partial charge in [-0.15, -0.1) is 0 Å². The molecule has 1 N–H and O–H groups in total. The number of rotatable bonds is 5. The van der Waals surface area contributed by atoms with Gasteiger partial charge in [0.25, 0.3) is 0 Å². The topological polar surface area (TPSA) is 29.5 Å². The molecule has 1 aliphatic rings. The summed E-state index contributed by atoms with van der Waals surface area (Å²) in [5, 5.41) is 9.98. The first-order valence-corrected chi connectivity index (χ1v) is 7.07. The Morgan fingerprint density at radius 1 is 1.47 bits per heavy atom. The van der Waals surface area contributed by atoms with Crippen LogP contribution in [0.15, 0.2) is 28.7 Å². The van der Waals surface area contributed by atoms with Crippen LogP contribution in [0.25, 0.3) is 0 Å². The lowest BCUT2D eigenvalue weighted by atomic mass is 10.0. The van der Waals surface area contributed by atoms with E-state index in [1.165, 1.54) is 12.0 Å². The van der Waals surface area contributed by atoms with Gasteiger partial charge in [0.05, 0.1) is 12.2 Å². The summed E-state index contributed by atoms with van der Waals surface area (Å²) in [4.78, 5) is 0. The van der Waals surface area contributed by atoms with E-state index in [0.29, 0.717) is 6.10 Å². The number of halogens is 1. The highest BCUT2D eigenvalue weighted by atomic mass is 79.9. The Hall–Kier alpha value is -0.380. The second-order valence-corrected chi connectivity index (χ2v) is 5.62. The monoisotopic (exact) mass is 298 g/mol. The summed E-state index contributed by atoms with van der Waals surface area (Å²) in [6, 6.07) is 8.13. The fourth-order valence-electron chi connectivity index (χ4n) is 2.29. The lowest BCUT2D eigenvalue weighted by molar-refractivity contribution is 0.0813. The number of aliphatic hydroxyl groups is 1. The average molecular weight is 299 g/mol. The number of benzene rings is 1. The van der Waals surface area contributed by atoms with Crippen LogP contribution in [0.2, 0.25) is 0 Å². The normalized spacial score (nSPS) is 21.6. The Morgan fingerprint density at radius 3 is 3.06 bits per heavy atom. The summed E-state index contributed by atoms with van der Waals surface area (Å²) in [6.45, 7) is 0.895. The molecule has 0 saturated carbocycles. The maximum absolute atomic E-state index is 9.98. The first-order chi connectivity index (χ1) is 8.24. The predicted molar refractivity (Wildman–Crippen MR) is 72.1 cm³/mol. The van der Waals surface area contributed by atoms with Crippen LogP contribution in [0.5, 0.6) is 0 Å². The maximum Gasteiger partial charge on any atom is 0.0581 e. The van der Waals surface area contributed by atoms with Gasteiger partial charge in [-0.3, -0.25) is 0 Å². The van der Waals surface area contributed by atoms with Crippen LogP contribution in [0.3, 0.4) is 0 Å². The van der Waals surface area contributed by atoms with E-state index >= 15 is 0 Å². The summed E-state index contributed by atoms with van der Waals surface area (Å²) in [5.41, 5.74) is 1.18. The third-order valence-electron chi connectivity index (χ3n) is 3.21. The molecule has 3 heteroatoms. The Bertz CT molecular complexity index is 348. The average Bonchev–Trinajstić information content (AvgIpc) is 2.79. The minimum Gasteiger partial charge on any atom is -0.393 e. The highest BCUT2D eigenvalue weighted by Gasteiger charge is 2.17. The molecular formula is C14H19BrO2. The first kappa shape index (κ1) is 13.1. The van der Waals surface area contributed by atoms with Crippen LogP contribution in [-0.2, 0) is 11.2 Å². The molecule has 17 heavy (non-hydrogen) atoms. The van der Waals surface area contributed by atoms with Gasteiger partial charge in [0, 0.05) is 11.1 Å². The van der Waals surface area contributed by atoms with Crippen molar-refractivity contribution in [1.82, 2.24) is 0 Å². The summed E-state index contributed by atoms with van der Waals surface area (Å²) in [7, 11) is 0. The number of hydrogen-bond acceptors (Lipinski definition) is 2. The zero-order valence-electron chi connectivity index (χ0n) is 9.94. The zero-order chi connectivity index (χ0) is 12.1. The molecular weight excluding hydrogens is 280 g/mol. The quantitative estimate of drug-likeness (QED) is 0.904. The molecule has 2 rings (SSSR count). The first-order valence-electron chi connectivity index (χ1n) is 6.28. The van der Waals surface area contributed by atoms with Crippen LogP contribution < -0.4 is 0 Å². The molecule has 0 bridgehead atoms. The Morgan fingerprint density at radius 2 is 2.35 bits per heavy atom. The second-order valence-electron chi connectivity index (χ2n) is 4.70. The van der Waals surface area contributed by atoms with Crippen LogP contribution in [0, 0.1) is 0 Å². The number of hydrogen-bond donors (Lipinski definition) is 1. The fraction of sp³-hybridized carbons (Fsp3) is 0.571. The minimum absolute atomic E-state index is 0.256. The standard InChI is InChI=1S/C14H19BrO2/c15-12-4-1-3-11(9-12)10-13(16)6-7-14-5-2-8-17-14/h1,3-4,9,13-14,16H,2,5-8,10H2. The van der Waals surface area contributed by atoms with E-state index in [2.05, 4.69) is 28.1 Å². The van der Waals surface area contributed by atoms with Gasteiger partial charge in [-0.05, 0) is 49.8 Å². The summed E-state index contributed by atoms with van der Waals surface area (Å²) >= 11 is 3.44. The molecule has 0 aromatic heterocycles. The highest BCUT2D eigenvalue weighted by molar-refractivity contribution is 9.10. The van der Waals surface area contributed by atoms with Gasteiger partial charge in [-0.1, -0.05) is 28.1 Å². The van der Waals surface area contributed by atoms with Crippen molar-refractivity contribution in [2.45, 2.75) is 44.3 Å². The molecule has 94 valence electrons. The highest BCUT2D eigenvalue weighted by Crippen LogP contribution is 2.19. The fourth-order valence-corrected chi connectivity index (χ4v) is 2.74. The van der Waals surface area contributed by atoms with E-state index in [1.807, 2.05) is 12.1 Å². The van der Waals surface area contributed by atoms with Crippen LogP contribution in [0.1, 0.15) is 31.2 Å². The largest absolute Gasteiger partial charge is 0.393 e. The van der Waals surface area contributed by atoms with E-state index in [-0.39, 0.29) is 6.10 Å². The van der Waals surface area contributed by atoms with E-state index in [0.717, 1.165) is 36.8 Å². The lowest BCUT2D eigenvalue weighted by Crippen LogP contribution is -2.14. The molecule has 0 amide bonds. The van der Waals surface area contributed by atoms with E-state index in [1.54, 1.807) is 0 Å². The van der Waals surface area contributed by atoms with Gasteiger partial charge < -0.3 is 9.84 Å². The molecule has 1 aromatic rings. The molecule has 1 aromatic carbocycles. The third-order valence-corrected chi connectivity index (χ3v) is 3.70. The molecule has 0 aliphatic carbocycles. The zero-order valence-corrected chi connectivity index (χ0v) is 11.5. The molecule has 2 nitrogen and oxygen atoms in total. The van der Waals surface area contributed by atoms with Crippen molar-refractivity contribution in [3.8, 4) is 0 Å². The van der Waals surface area contributed by atoms with Gasteiger partial charge >= 0.3 is 0 Å². The summed E-state index contributed by atoms with van der Waals surface area (Å²) < 4.78 is 6.62. The predicted octanol–water partition coefficient (Wildman–Crippen LogP) is 3.31. The van der Waals surface area contributed by atoms with Crippen molar-refractivity contribution >= 4 is 15.9 Å². The van der Waals surface area contributed by atoms with Gasteiger partial charge in [-0.25, -0.2) is 0 Å². The SMILES string of the molecule is OC(CCC1CCCO1)Cc1cccc(Br)c1. The van der Waals surface area contributed by atoms with Gasteiger partial charge in [0.2, 0.25) is 0 Å². The van der Waals surface area contributed by atoms with Crippen LogP contribution in [0.4, 0.5) is 0 Å². The summed E-state index contributed by atoms with van der Waals surface area (Å²) in [5.74, 6) is 0. The lowest BCUT2D eigenvalue weighted by Gasteiger charge is -2.14. The smallest absolute Gasteiger partial charge is 0.0581 e. The molecule has 1 fully saturated rings. The minimum atomic E-state index is -0.256. The van der Waals surface area contributed by atoms with Crippen molar-refractivity contribution in [2.24, 2.45) is 0 Å². The second kappa shape index (κ2) is 6.53. The number of ether oxygens (including phenoxy) is 1. The van der Waals surface area contributed by atoms with Gasteiger partial charge in [0.15, 0.2) is 0 Å². The maximum atomic E-state index is 9.98. The van der Waals surface area contributed by atoms with Crippen molar-refractivity contribution in [1.29, 1.82) is 0 Å². The molecule has 1 heterocycles. The van der Waals surface area contributed by atoms with Gasteiger partial charge in [0.1, 0.15) is 0 Å². The molecule has 0 radical (unpaired) electrons. The molecule has 2 atom stereocenters. The van der Waals surface area contributed by atoms with E-state index < -0.39 is 0 Å². The van der Waals surface area contributed by atoms with Crippen molar-refractivity contribution < 1.29 is 9.84 Å². The van der Waals surface area contributed by atoms with Crippen molar-refractivity contribution in [3.63, 3.8) is 0 Å². The third kappa shape index (κ3) is 4.41. The molecule has 1 aliphatic heterocycles. The molecule has 2 unspecified atom stereocenters. The van der Waals surface area contributed by atoms with Crippen LogP contribution in [-0.4, -0.2) is 23.9 Å². The molecule has 0 spiro atoms. The van der Waals surface area contributed by atoms with Gasteiger partial charge in [-0.2, -0.15) is 0 Å². The van der Waals surface area contributed by atoms with E-state index in [4.69, 9.17) is 4.74 Å².